The Morgan fingerprint density at radius 3 is 2.62 bits per heavy atom. The van der Waals surface area contributed by atoms with Crippen LogP contribution in [0.4, 0.5) is 5.82 Å². The summed E-state index contributed by atoms with van der Waals surface area (Å²) in [6.07, 6.45) is 4.63. The predicted molar refractivity (Wildman–Crippen MR) is 143 cm³/mol. The Morgan fingerprint density at radius 2 is 1.86 bits per heavy atom. The molecule has 12 heteroatoms. The molecule has 0 saturated heterocycles. The number of aromatic nitrogens is 3. The summed E-state index contributed by atoms with van der Waals surface area (Å²) in [4.78, 5) is 0.0322. The first-order chi connectivity index (χ1) is 17.4. The van der Waals surface area contributed by atoms with Gasteiger partial charge in [0.15, 0.2) is 11.4 Å². The van der Waals surface area contributed by atoms with E-state index in [4.69, 9.17) is 19.1 Å². The fourth-order valence-electron chi connectivity index (χ4n) is 4.49. The average Bonchev–Trinajstić information content (AvgIpc) is 3.38. The van der Waals surface area contributed by atoms with Crippen molar-refractivity contribution in [3.8, 4) is 11.5 Å². The van der Waals surface area contributed by atoms with Gasteiger partial charge in [-0.05, 0) is 60.3 Å². The van der Waals surface area contributed by atoms with E-state index in [0.29, 0.717) is 29.7 Å². The molecular weight excluding hydrogens is 518 g/mol. The number of benzene rings is 2. The van der Waals surface area contributed by atoms with Crippen LogP contribution in [0.2, 0.25) is 0 Å². The number of hydrogen-bond donors (Lipinski definition) is 2. The maximum Gasteiger partial charge on any atom is 0.266 e. The number of fused-ring (bicyclic) bond motifs is 2. The van der Waals surface area contributed by atoms with Crippen LogP contribution >= 0.6 is 12.4 Å². The first-order valence-corrected chi connectivity index (χ1v) is 13.3. The fourth-order valence-corrected chi connectivity index (χ4v) is 5.72. The molecule has 10 nitrogen and oxygen atoms in total. The van der Waals surface area contributed by atoms with Gasteiger partial charge >= 0.3 is 0 Å². The number of hydrogen-bond acceptors (Lipinski definition) is 8. The van der Waals surface area contributed by atoms with E-state index < -0.39 is 10.0 Å². The number of rotatable bonds is 8. The van der Waals surface area contributed by atoms with Gasteiger partial charge in [0.1, 0.15) is 21.8 Å². The van der Waals surface area contributed by atoms with Gasteiger partial charge in [0, 0.05) is 19.2 Å². The lowest BCUT2D eigenvalue weighted by molar-refractivity contribution is 0.402. The molecule has 0 spiro atoms. The third-order valence-corrected chi connectivity index (χ3v) is 7.71. The van der Waals surface area contributed by atoms with E-state index in [9.17, 15) is 8.42 Å². The summed E-state index contributed by atoms with van der Waals surface area (Å²) in [5.74, 6) is 0.749. The smallest absolute Gasteiger partial charge is 0.266 e. The molecule has 0 radical (unpaired) electrons. The minimum atomic E-state index is -4.01. The Bertz CT molecular complexity index is 1490. The highest BCUT2D eigenvalue weighted by molar-refractivity contribution is 7.92. The van der Waals surface area contributed by atoms with E-state index in [0.717, 1.165) is 42.8 Å². The molecule has 2 aromatic heterocycles. The molecule has 1 aliphatic rings. The Morgan fingerprint density at radius 1 is 1.08 bits per heavy atom. The number of anilines is 1. The van der Waals surface area contributed by atoms with Crippen LogP contribution in [0, 0.1) is 0 Å². The van der Waals surface area contributed by atoms with Crippen molar-refractivity contribution in [2.24, 2.45) is 0 Å². The van der Waals surface area contributed by atoms with E-state index in [1.807, 2.05) is 29.8 Å². The van der Waals surface area contributed by atoms with Crippen LogP contribution in [0.3, 0.4) is 0 Å². The maximum absolute atomic E-state index is 13.3. The van der Waals surface area contributed by atoms with Gasteiger partial charge in [-0.3, -0.25) is 9.40 Å². The van der Waals surface area contributed by atoms with Crippen molar-refractivity contribution in [2.45, 2.75) is 37.6 Å². The van der Waals surface area contributed by atoms with Crippen LogP contribution < -0.4 is 19.5 Å². The van der Waals surface area contributed by atoms with E-state index in [2.05, 4.69) is 21.4 Å². The second-order valence-electron chi connectivity index (χ2n) is 8.70. The summed E-state index contributed by atoms with van der Waals surface area (Å²) in [6, 6.07) is 8.76. The van der Waals surface area contributed by atoms with E-state index >= 15 is 0 Å². The molecule has 1 aliphatic heterocycles. The summed E-state index contributed by atoms with van der Waals surface area (Å²) in [5.41, 5.74) is 4.56. The molecule has 0 aliphatic carbocycles. The normalized spacial score (nSPS) is 13.5. The number of aryl methyl sites for hydroxylation is 1. The Balaban J connectivity index is 0.00000320. The Hall–Kier alpha value is -3.28. The van der Waals surface area contributed by atoms with Crippen molar-refractivity contribution in [1.82, 2.24) is 20.3 Å². The van der Waals surface area contributed by atoms with Crippen molar-refractivity contribution in [1.29, 1.82) is 0 Å². The van der Waals surface area contributed by atoms with Gasteiger partial charge in [-0.25, -0.2) is 8.42 Å². The summed E-state index contributed by atoms with van der Waals surface area (Å²) >= 11 is 0. The molecule has 3 heterocycles. The highest BCUT2D eigenvalue weighted by atomic mass is 35.5. The highest BCUT2D eigenvalue weighted by Crippen LogP contribution is 2.36. The maximum atomic E-state index is 13.3. The van der Waals surface area contributed by atoms with E-state index in [1.54, 1.807) is 12.1 Å². The SMILES string of the molecule is CCc1ccc(OC)c(S(=O)(=O)Nc2noc3cc(Cn4cc5c(n4)CCNCC5)cc(OC)c23)c1.Cl. The zero-order chi connectivity index (χ0) is 25.3. The van der Waals surface area contributed by atoms with Gasteiger partial charge in [-0.1, -0.05) is 18.1 Å². The fraction of sp³-hybridized carbons (Fsp3) is 0.360. The predicted octanol–water partition coefficient (Wildman–Crippen LogP) is 3.56. The molecule has 4 aromatic rings. The van der Waals surface area contributed by atoms with Gasteiger partial charge in [0.05, 0.1) is 26.5 Å². The van der Waals surface area contributed by atoms with Crippen molar-refractivity contribution in [3.63, 3.8) is 0 Å². The first kappa shape index (κ1) is 26.8. The zero-order valence-electron chi connectivity index (χ0n) is 20.9. The zero-order valence-corrected chi connectivity index (χ0v) is 22.5. The third-order valence-electron chi connectivity index (χ3n) is 6.35. The molecular formula is C25H30ClN5O5S. The van der Waals surface area contributed by atoms with Crippen LogP contribution in [0.15, 0.2) is 45.9 Å². The first-order valence-electron chi connectivity index (χ1n) is 11.8. The largest absolute Gasteiger partial charge is 0.496 e. The van der Waals surface area contributed by atoms with Crippen LogP contribution in [0.25, 0.3) is 11.0 Å². The molecule has 5 rings (SSSR count). The van der Waals surface area contributed by atoms with Crippen LogP contribution in [-0.2, 0) is 35.8 Å². The minimum absolute atomic E-state index is 0. The Labute approximate surface area is 221 Å². The standard InChI is InChI=1S/C25H29N5O5S.ClH/c1-4-16-5-6-20(33-2)23(13-16)36(31,32)29-25-24-21(34-3)11-17(12-22(24)35-28-25)14-30-15-18-7-9-26-10-8-19(18)27-30;/h5-6,11-13,15,26H,4,7-10,14H2,1-3H3,(H,28,29);1H. The summed E-state index contributed by atoms with van der Waals surface area (Å²) < 4.78 is 47.5. The summed E-state index contributed by atoms with van der Waals surface area (Å²) in [5, 5.41) is 12.6. The van der Waals surface area contributed by atoms with Gasteiger partial charge in [0.25, 0.3) is 10.0 Å². The second kappa shape index (κ2) is 11.0. The van der Waals surface area contributed by atoms with Crippen LogP contribution in [0.1, 0.15) is 29.3 Å². The number of halogens is 1. The quantitative estimate of drug-likeness (QED) is 0.343. The lowest BCUT2D eigenvalue weighted by atomic mass is 10.1. The molecule has 0 saturated carbocycles. The molecule has 37 heavy (non-hydrogen) atoms. The molecule has 2 N–H and O–H groups in total. The number of nitrogens with zero attached hydrogens (tertiary/aromatic N) is 3. The molecule has 0 unspecified atom stereocenters. The number of ether oxygens (including phenoxy) is 2. The number of methoxy groups -OCH3 is 2. The summed E-state index contributed by atoms with van der Waals surface area (Å²) in [7, 11) is -1.05. The van der Waals surface area contributed by atoms with E-state index in [-0.39, 0.29) is 28.9 Å². The second-order valence-corrected chi connectivity index (χ2v) is 10.3. The summed E-state index contributed by atoms with van der Waals surface area (Å²) in [6.45, 7) is 4.35. The minimum Gasteiger partial charge on any atom is -0.496 e. The number of sulfonamides is 1. The van der Waals surface area contributed by atoms with Crippen molar-refractivity contribution in [2.75, 3.05) is 32.0 Å². The van der Waals surface area contributed by atoms with Crippen molar-refractivity contribution in [3.05, 3.63) is 58.9 Å². The van der Waals surface area contributed by atoms with Crippen molar-refractivity contribution >= 4 is 39.2 Å². The van der Waals surface area contributed by atoms with Gasteiger partial charge < -0.3 is 19.3 Å². The molecule has 0 amide bonds. The van der Waals surface area contributed by atoms with Gasteiger partial charge in [-0.2, -0.15) is 5.10 Å². The number of nitrogens with one attached hydrogen (secondary N) is 2. The van der Waals surface area contributed by atoms with Crippen LogP contribution in [-0.4, -0.2) is 50.7 Å². The lowest BCUT2D eigenvalue weighted by Crippen LogP contribution is -2.17. The lowest BCUT2D eigenvalue weighted by Gasteiger charge is -2.12. The van der Waals surface area contributed by atoms with Crippen LogP contribution in [0.5, 0.6) is 11.5 Å². The molecule has 2 aromatic carbocycles. The topological polar surface area (TPSA) is 121 Å². The monoisotopic (exact) mass is 547 g/mol. The highest BCUT2D eigenvalue weighted by Gasteiger charge is 2.25. The average molecular weight is 548 g/mol. The molecule has 0 bridgehead atoms. The van der Waals surface area contributed by atoms with Gasteiger partial charge in [0.2, 0.25) is 0 Å². The third kappa shape index (κ3) is 5.39. The van der Waals surface area contributed by atoms with Crippen molar-refractivity contribution < 1.29 is 22.4 Å². The molecule has 0 atom stereocenters. The molecule has 198 valence electrons. The van der Waals surface area contributed by atoms with Gasteiger partial charge in [-0.15, -0.1) is 12.4 Å². The van der Waals surface area contributed by atoms with E-state index in [1.165, 1.54) is 19.8 Å². The Kier molecular flexibility index (Phi) is 7.96. The molecule has 0 fully saturated rings.